The van der Waals surface area contributed by atoms with Gasteiger partial charge in [0.1, 0.15) is 0 Å². The van der Waals surface area contributed by atoms with Crippen molar-refractivity contribution < 1.29 is 18.3 Å². The summed E-state index contributed by atoms with van der Waals surface area (Å²) in [6.45, 7) is -0.103. The van der Waals surface area contributed by atoms with Crippen molar-refractivity contribution in [3.05, 3.63) is 53.6 Å². The van der Waals surface area contributed by atoms with Crippen molar-refractivity contribution in [2.45, 2.75) is 12.6 Å². The van der Waals surface area contributed by atoms with Crippen molar-refractivity contribution in [1.29, 1.82) is 0 Å². The number of anilines is 1. The molecule has 2 aromatic carbocycles. The summed E-state index contributed by atoms with van der Waals surface area (Å²) >= 11 is 0. The molecular formula is C15H14F3NO. The van der Waals surface area contributed by atoms with Crippen molar-refractivity contribution >= 4 is 5.69 Å². The fourth-order valence-corrected chi connectivity index (χ4v) is 2.15. The third-order valence-electron chi connectivity index (χ3n) is 3.10. The highest BCUT2D eigenvalue weighted by atomic mass is 19.4. The molecular weight excluding hydrogens is 267 g/mol. The normalized spacial score (nSPS) is 11.6. The number of para-hydroxylation sites is 1. The number of rotatable bonds is 3. The van der Waals surface area contributed by atoms with Gasteiger partial charge >= 0.3 is 6.18 Å². The second kappa shape index (κ2) is 5.54. The zero-order chi connectivity index (χ0) is 14.8. The van der Waals surface area contributed by atoms with Gasteiger partial charge in [0.15, 0.2) is 0 Å². The summed E-state index contributed by atoms with van der Waals surface area (Å²) in [5, 5.41) is 8.95. The summed E-state index contributed by atoms with van der Waals surface area (Å²) in [7, 11) is 0. The minimum atomic E-state index is -4.43. The van der Waals surface area contributed by atoms with E-state index in [0.29, 0.717) is 17.5 Å². The molecule has 2 rings (SSSR count). The average molecular weight is 281 g/mol. The lowest BCUT2D eigenvalue weighted by Gasteiger charge is -2.16. The van der Waals surface area contributed by atoms with Crippen molar-refractivity contribution in [2.24, 2.45) is 0 Å². The van der Waals surface area contributed by atoms with Crippen molar-refractivity contribution in [3.8, 4) is 11.1 Å². The molecule has 5 heteroatoms. The molecule has 0 unspecified atom stereocenters. The monoisotopic (exact) mass is 281 g/mol. The Hall–Kier alpha value is -2.01. The van der Waals surface area contributed by atoms with E-state index >= 15 is 0 Å². The van der Waals surface area contributed by atoms with Gasteiger partial charge in [0.25, 0.3) is 0 Å². The van der Waals surface area contributed by atoms with Crippen LogP contribution in [0.2, 0.25) is 0 Å². The highest BCUT2D eigenvalue weighted by Gasteiger charge is 2.33. The van der Waals surface area contributed by atoms with Gasteiger partial charge in [-0.2, -0.15) is 13.2 Å². The van der Waals surface area contributed by atoms with Gasteiger partial charge in [0.05, 0.1) is 5.56 Å². The number of benzene rings is 2. The van der Waals surface area contributed by atoms with Crippen LogP contribution >= 0.6 is 0 Å². The van der Waals surface area contributed by atoms with Crippen molar-refractivity contribution in [1.82, 2.24) is 0 Å². The Labute approximate surface area is 114 Å². The number of hydrogen-bond acceptors (Lipinski definition) is 2. The number of nitrogen functional groups attached to an aromatic ring is 1. The van der Waals surface area contributed by atoms with Gasteiger partial charge in [-0.1, -0.05) is 36.4 Å². The molecule has 0 saturated carbocycles. The smallest absolute Gasteiger partial charge is 0.398 e. The molecule has 0 heterocycles. The number of nitrogens with two attached hydrogens (primary N) is 1. The van der Waals surface area contributed by atoms with Gasteiger partial charge in [-0.05, 0) is 23.6 Å². The molecule has 106 valence electrons. The van der Waals surface area contributed by atoms with Crippen LogP contribution in [0.5, 0.6) is 0 Å². The molecule has 0 aliphatic rings. The first-order valence-electron chi connectivity index (χ1n) is 6.10. The van der Waals surface area contributed by atoms with E-state index in [-0.39, 0.29) is 17.9 Å². The van der Waals surface area contributed by atoms with Gasteiger partial charge in [-0.25, -0.2) is 0 Å². The van der Waals surface area contributed by atoms with Crippen LogP contribution in [0.3, 0.4) is 0 Å². The van der Waals surface area contributed by atoms with Crippen LogP contribution in [0.4, 0.5) is 18.9 Å². The SMILES string of the molecule is Nc1c(CCO)cccc1-c1ccccc1C(F)(F)F. The molecule has 0 amide bonds. The fraction of sp³-hybridized carbons (Fsp3) is 0.200. The Morgan fingerprint density at radius 1 is 0.950 bits per heavy atom. The second-order valence-corrected chi connectivity index (χ2v) is 4.40. The maximum Gasteiger partial charge on any atom is 0.417 e. The third kappa shape index (κ3) is 2.77. The van der Waals surface area contributed by atoms with E-state index in [1.807, 2.05) is 0 Å². The van der Waals surface area contributed by atoms with E-state index in [1.54, 1.807) is 24.3 Å². The Morgan fingerprint density at radius 3 is 2.25 bits per heavy atom. The average Bonchev–Trinajstić information content (AvgIpc) is 2.40. The first-order chi connectivity index (χ1) is 9.45. The highest BCUT2D eigenvalue weighted by molar-refractivity contribution is 5.80. The van der Waals surface area contributed by atoms with E-state index in [9.17, 15) is 13.2 Å². The van der Waals surface area contributed by atoms with Crippen molar-refractivity contribution in [2.75, 3.05) is 12.3 Å². The van der Waals surface area contributed by atoms with Gasteiger partial charge in [0.2, 0.25) is 0 Å². The minimum absolute atomic E-state index is 0.0530. The molecule has 2 nitrogen and oxygen atoms in total. The zero-order valence-corrected chi connectivity index (χ0v) is 10.6. The number of hydrogen-bond donors (Lipinski definition) is 2. The first kappa shape index (κ1) is 14.4. The summed E-state index contributed by atoms with van der Waals surface area (Å²) in [4.78, 5) is 0. The third-order valence-corrected chi connectivity index (χ3v) is 3.10. The zero-order valence-electron chi connectivity index (χ0n) is 10.6. The van der Waals surface area contributed by atoms with Crippen molar-refractivity contribution in [3.63, 3.8) is 0 Å². The van der Waals surface area contributed by atoms with Gasteiger partial charge < -0.3 is 10.8 Å². The lowest BCUT2D eigenvalue weighted by molar-refractivity contribution is -0.137. The van der Waals surface area contributed by atoms with Crippen LogP contribution < -0.4 is 5.73 Å². The summed E-state index contributed by atoms with van der Waals surface area (Å²) in [6, 6.07) is 10.2. The summed E-state index contributed by atoms with van der Waals surface area (Å²) in [6.07, 6.45) is -4.12. The second-order valence-electron chi connectivity index (χ2n) is 4.40. The molecule has 0 radical (unpaired) electrons. The maximum absolute atomic E-state index is 13.0. The lowest BCUT2D eigenvalue weighted by atomic mass is 9.95. The molecule has 0 bridgehead atoms. The maximum atomic E-state index is 13.0. The topological polar surface area (TPSA) is 46.2 Å². The number of aliphatic hydroxyl groups excluding tert-OH is 1. The number of alkyl halides is 3. The summed E-state index contributed by atoms with van der Waals surface area (Å²) in [5.74, 6) is 0. The first-order valence-corrected chi connectivity index (χ1v) is 6.10. The van der Waals surface area contributed by atoms with E-state index in [1.165, 1.54) is 12.1 Å². The molecule has 0 aromatic heterocycles. The Morgan fingerprint density at radius 2 is 1.60 bits per heavy atom. The van der Waals surface area contributed by atoms with Crippen LogP contribution in [-0.2, 0) is 12.6 Å². The molecule has 0 fully saturated rings. The van der Waals surface area contributed by atoms with Gasteiger partial charge in [-0.3, -0.25) is 0 Å². The number of halogens is 3. The van der Waals surface area contributed by atoms with Gasteiger partial charge in [0, 0.05) is 17.9 Å². The fourth-order valence-electron chi connectivity index (χ4n) is 2.15. The van der Waals surface area contributed by atoms with Crippen LogP contribution in [0.25, 0.3) is 11.1 Å². The van der Waals surface area contributed by atoms with E-state index in [4.69, 9.17) is 10.8 Å². The molecule has 0 aliphatic carbocycles. The van der Waals surface area contributed by atoms with E-state index in [0.717, 1.165) is 6.07 Å². The summed E-state index contributed by atoms with van der Waals surface area (Å²) in [5.41, 5.74) is 6.53. The van der Waals surface area contributed by atoms with Gasteiger partial charge in [-0.15, -0.1) is 0 Å². The molecule has 0 aliphatic heterocycles. The van der Waals surface area contributed by atoms with E-state index in [2.05, 4.69) is 0 Å². The van der Waals surface area contributed by atoms with Crippen LogP contribution in [0, 0.1) is 0 Å². The predicted molar refractivity (Wildman–Crippen MR) is 72.1 cm³/mol. The van der Waals surface area contributed by atoms with Crippen LogP contribution in [-0.4, -0.2) is 11.7 Å². The highest BCUT2D eigenvalue weighted by Crippen LogP contribution is 2.39. The van der Waals surface area contributed by atoms with E-state index < -0.39 is 11.7 Å². The molecule has 3 N–H and O–H groups in total. The largest absolute Gasteiger partial charge is 0.417 e. The molecule has 0 saturated heterocycles. The Kier molecular flexibility index (Phi) is 3.99. The lowest BCUT2D eigenvalue weighted by Crippen LogP contribution is -2.08. The molecule has 0 atom stereocenters. The summed E-state index contributed by atoms with van der Waals surface area (Å²) < 4.78 is 39.1. The predicted octanol–water partition coefficient (Wildman–Crippen LogP) is 3.49. The number of aliphatic hydroxyl groups is 1. The quantitative estimate of drug-likeness (QED) is 0.846. The molecule has 2 aromatic rings. The van der Waals surface area contributed by atoms with Crippen LogP contribution in [0.15, 0.2) is 42.5 Å². The Balaban J connectivity index is 2.61. The molecule has 20 heavy (non-hydrogen) atoms. The minimum Gasteiger partial charge on any atom is -0.398 e. The molecule has 0 spiro atoms. The van der Waals surface area contributed by atoms with Crippen LogP contribution in [0.1, 0.15) is 11.1 Å². The standard InChI is InChI=1S/C15H14F3NO/c16-15(17,18)13-7-2-1-5-11(13)12-6-3-4-10(8-9-20)14(12)19/h1-7,20H,8-9,19H2. The Bertz CT molecular complexity index is 608.